The summed E-state index contributed by atoms with van der Waals surface area (Å²) in [6, 6.07) is 7.84. The van der Waals surface area contributed by atoms with E-state index in [9.17, 15) is 41.3 Å². The molecule has 0 radical (unpaired) electrons. The van der Waals surface area contributed by atoms with E-state index in [0.29, 0.717) is 18.9 Å². The zero-order valence-electron chi connectivity index (χ0n) is 18.8. The standard InChI is InChI=1S/C23H18F6N4O4/c24-22(25,26)15-3-6-19(30-12-15)31-7-9-32(10-8-31)20(34)13-37-16-4-1-14-2-5-18(33(35)36)21(17(14)11-16)23(27,28)29/h1-6,11-12H,7-10,13H2. The number of nitro groups is 1. The Bertz CT molecular complexity index is 1320. The van der Waals surface area contributed by atoms with Crippen LogP contribution >= 0.6 is 0 Å². The average molecular weight is 528 g/mol. The lowest BCUT2D eigenvalue weighted by molar-refractivity contribution is -0.387. The van der Waals surface area contributed by atoms with Gasteiger partial charge in [0.25, 0.3) is 11.6 Å². The minimum Gasteiger partial charge on any atom is -0.484 e. The van der Waals surface area contributed by atoms with Crippen LogP contribution in [0.3, 0.4) is 0 Å². The maximum atomic E-state index is 13.6. The minimum absolute atomic E-state index is 0.0700. The van der Waals surface area contributed by atoms with Crippen LogP contribution < -0.4 is 9.64 Å². The van der Waals surface area contributed by atoms with Crippen LogP contribution in [0.25, 0.3) is 10.8 Å². The number of carbonyl (C=O) groups excluding carboxylic acids is 1. The molecule has 1 aromatic heterocycles. The molecule has 3 aromatic rings. The van der Waals surface area contributed by atoms with E-state index in [4.69, 9.17) is 4.74 Å². The van der Waals surface area contributed by atoms with Gasteiger partial charge in [0.15, 0.2) is 6.61 Å². The Hall–Kier alpha value is -4.10. The fraction of sp³-hybridized carbons (Fsp3) is 0.304. The SMILES string of the molecule is O=C(COc1ccc2ccc([N+](=O)[O-])c(C(F)(F)F)c2c1)N1CCN(c2ccc(C(F)(F)F)cn2)CC1. The summed E-state index contributed by atoms with van der Waals surface area (Å²) >= 11 is 0. The number of hydrogen-bond acceptors (Lipinski definition) is 6. The number of ether oxygens (including phenoxy) is 1. The van der Waals surface area contributed by atoms with Crippen molar-refractivity contribution in [2.45, 2.75) is 12.4 Å². The summed E-state index contributed by atoms with van der Waals surface area (Å²) in [6.07, 6.45) is -8.74. The number of anilines is 1. The maximum absolute atomic E-state index is 13.6. The number of nitro benzene ring substituents is 1. The van der Waals surface area contributed by atoms with Crippen LogP contribution in [0.15, 0.2) is 48.7 Å². The maximum Gasteiger partial charge on any atom is 0.423 e. The Balaban J connectivity index is 1.40. The van der Waals surface area contributed by atoms with Crippen molar-refractivity contribution in [2.75, 3.05) is 37.7 Å². The van der Waals surface area contributed by atoms with Crippen molar-refractivity contribution in [2.24, 2.45) is 0 Å². The van der Waals surface area contributed by atoms with Crippen LogP contribution in [0.5, 0.6) is 5.75 Å². The summed E-state index contributed by atoms with van der Waals surface area (Å²) in [6.45, 7) is 0.581. The molecule has 1 amide bonds. The molecule has 0 atom stereocenters. The highest BCUT2D eigenvalue weighted by atomic mass is 19.4. The summed E-state index contributed by atoms with van der Waals surface area (Å²) in [5.74, 6) is -0.184. The third-order valence-corrected chi connectivity index (χ3v) is 5.85. The molecule has 0 spiro atoms. The Morgan fingerprint density at radius 3 is 2.22 bits per heavy atom. The number of hydrogen-bond donors (Lipinski definition) is 0. The second-order valence-electron chi connectivity index (χ2n) is 8.16. The van der Waals surface area contributed by atoms with Gasteiger partial charge in [-0.2, -0.15) is 26.3 Å². The second kappa shape index (κ2) is 9.75. The normalized spacial score (nSPS) is 14.6. The Morgan fingerprint density at radius 2 is 1.65 bits per heavy atom. The van der Waals surface area contributed by atoms with Crippen LogP contribution in [0.4, 0.5) is 37.8 Å². The van der Waals surface area contributed by atoms with Crippen molar-refractivity contribution < 1.29 is 40.8 Å². The molecule has 0 unspecified atom stereocenters. The molecule has 0 N–H and O–H groups in total. The van der Waals surface area contributed by atoms with E-state index < -0.39 is 52.0 Å². The molecule has 2 heterocycles. The molecule has 14 heteroatoms. The highest BCUT2D eigenvalue weighted by molar-refractivity contribution is 5.90. The molecule has 1 aliphatic heterocycles. The van der Waals surface area contributed by atoms with Gasteiger partial charge >= 0.3 is 12.4 Å². The number of nitrogens with zero attached hydrogens (tertiary/aromatic N) is 4. The summed E-state index contributed by atoms with van der Waals surface area (Å²) in [5, 5.41) is 10.8. The third kappa shape index (κ3) is 5.67. The van der Waals surface area contributed by atoms with E-state index in [1.807, 2.05) is 0 Å². The van der Waals surface area contributed by atoms with Gasteiger partial charge in [-0.15, -0.1) is 0 Å². The summed E-state index contributed by atoms with van der Waals surface area (Å²) in [4.78, 5) is 29.6. The number of alkyl halides is 6. The first-order valence-electron chi connectivity index (χ1n) is 10.8. The van der Waals surface area contributed by atoms with Gasteiger partial charge in [0.05, 0.1) is 10.5 Å². The quantitative estimate of drug-likeness (QED) is 0.266. The Kier molecular flexibility index (Phi) is 6.84. The van der Waals surface area contributed by atoms with Crippen molar-refractivity contribution in [1.82, 2.24) is 9.88 Å². The van der Waals surface area contributed by atoms with Crippen molar-refractivity contribution in [1.29, 1.82) is 0 Å². The summed E-state index contributed by atoms with van der Waals surface area (Å²) < 4.78 is 84.3. The minimum atomic E-state index is -4.99. The second-order valence-corrected chi connectivity index (χ2v) is 8.16. The monoisotopic (exact) mass is 528 g/mol. The number of carbonyl (C=O) groups is 1. The predicted molar refractivity (Wildman–Crippen MR) is 119 cm³/mol. The van der Waals surface area contributed by atoms with Gasteiger partial charge in [-0.3, -0.25) is 14.9 Å². The Morgan fingerprint density at radius 1 is 0.973 bits per heavy atom. The van der Waals surface area contributed by atoms with Crippen molar-refractivity contribution in [3.05, 3.63) is 69.9 Å². The molecular formula is C23H18F6N4O4. The fourth-order valence-electron chi connectivity index (χ4n) is 3.99. The molecule has 4 rings (SSSR count). The molecule has 1 saturated heterocycles. The number of benzene rings is 2. The van der Waals surface area contributed by atoms with Gasteiger partial charge in [0.1, 0.15) is 17.1 Å². The number of fused-ring (bicyclic) bond motifs is 1. The number of pyridine rings is 1. The van der Waals surface area contributed by atoms with Crippen LogP contribution in [-0.2, 0) is 17.1 Å². The molecule has 196 valence electrons. The Labute approximate surface area is 205 Å². The van der Waals surface area contributed by atoms with E-state index >= 15 is 0 Å². The molecule has 0 aliphatic carbocycles. The van der Waals surface area contributed by atoms with Crippen LogP contribution in [0.1, 0.15) is 11.1 Å². The van der Waals surface area contributed by atoms with Crippen molar-refractivity contribution in [3.8, 4) is 5.75 Å². The topological polar surface area (TPSA) is 88.8 Å². The highest BCUT2D eigenvalue weighted by Gasteiger charge is 2.40. The lowest BCUT2D eigenvalue weighted by Crippen LogP contribution is -2.50. The van der Waals surface area contributed by atoms with E-state index in [1.54, 1.807) is 4.90 Å². The molecule has 1 fully saturated rings. The number of rotatable bonds is 5. The van der Waals surface area contributed by atoms with E-state index in [1.165, 1.54) is 29.2 Å². The first kappa shape index (κ1) is 26.0. The lowest BCUT2D eigenvalue weighted by Gasteiger charge is -2.35. The van der Waals surface area contributed by atoms with E-state index in [-0.39, 0.29) is 24.2 Å². The number of piperazine rings is 1. The molecule has 0 bridgehead atoms. The zero-order chi connectivity index (χ0) is 27.0. The third-order valence-electron chi connectivity index (χ3n) is 5.85. The predicted octanol–water partition coefficient (Wildman–Crippen LogP) is 4.91. The van der Waals surface area contributed by atoms with Crippen LogP contribution in [0.2, 0.25) is 0 Å². The van der Waals surface area contributed by atoms with Gasteiger partial charge in [-0.25, -0.2) is 4.98 Å². The van der Waals surface area contributed by atoms with E-state index in [0.717, 1.165) is 24.4 Å². The molecule has 37 heavy (non-hydrogen) atoms. The van der Waals surface area contributed by atoms with Crippen molar-refractivity contribution in [3.63, 3.8) is 0 Å². The van der Waals surface area contributed by atoms with Gasteiger partial charge in [0.2, 0.25) is 0 Å². The number of aromatic nitrogens is 1. The summed E-state index contributed by atoms with van der Waals surface area (Å²) in [5.41, 5.74) is -3.36. The average Bonchev–Trinajstić information content (AvgIpc) is 2.85. The molecule has 0 saturated carbocycles. The lowest BCUT2D eigenvalue weighted by atomic mass is 10.0. The van der Waals surface area contributed by atoms with Crippen LogP contribution in [-0.4, -0.2) is 53.5 Å². The van der Waals surface area contributed by atoms with Crippen LogP contribution in [0, 0.1) is 10.1 Å². The van der Waals surface area contributed by atoms with Gasteiger partial charge in [-0.05, 0) is 35.7 Å². The molecule has 8 nitrogen and oxygen atoms in total. The van der Waals surface area contributed by atoms with Gasteiger partial charge in [-0.1, -0.05) is 6.07 Å². The highest BCUT2D eigenvalue weighted by Crippen LogP contribution is 2.42. The summed E-state index contributed by atoms with van der Waals surface area (Å²) in [7, 11) is 0. The molecule has 1 aliphatic rings. The molecular weight excluding hydrogens is 510 g/mol. The first-order chi connectivity index (χ1) is 17.3. The zero-order valence-corrected chi connectivity index (χ0v) is 18.8. The van der Waals surface area contributed by atoms with E-state index in [2.05, 4.69) is 4.98 Å². The van der Waals surface area contributed by atoms with Gasteiger partial charge in [0, 0.05) is 43.8 Å². The number of amides is 1. The molecule has 2 aromatic carbocycles. The van der Waals surface area contributed by atoms with Crippen molar-refractivity contribution >= 4 is 28.2 Å². The first-order valence-corrected chi connectivity index (χ1v) is 10.8. The fourth-order valence-corrected chi connectivity index (χ4v) is 3.99. The largest absolute Gasteiger partial charge is 0.484 e. The smallest absolute Gasteiger partial charge is 0.423 e. The number of halogens is 6. The van der Waals surface area contributed by atoms with Gasteiger partial charge < -0.3 is 14.5 Å².